The summed E-state index contributed by atoms with van der Waals surface area (Å²) in [5.74, 6) is 0.0801. The van der Waals surface area contributed by atoms with E-state index in [4.69, 9.17) is 9.47 Å². The number of likely N-dealkylation sites (tertiary alicyclic amines) is 1. The Morgan fingerprint density at radius 3 is 2.31 bits per heavy atom. The van der Waals surface area contributed by atoms with Gasteiger partial charge in [0.05, 0.1) is 26.1 Å². The van der Waals surface area contributed by atoms with E-state index < -0.39 is 0 Å². The molecule has 2 aromatic rings. The number of carbonyl (C=O) groups excluding carboxylic acids is 2. The lowest BCUT2D eigenvalue weighted by atomic mass is 9.87. The van der Waals surface area contributed by atoms with Crippen LogP contribution in [0.4, 0.5) is 10.1 Å². The van der Waals surface area contributed by atoms with Gasteiger partial charge in [-0.1, -0.05) is 6.07 Å². The number of nitrogens with zero attached hydrogens (tertiary/aromatic N) is 2. The number of hydrogen-bond donors (Lipinski definition) is 1. The lowest BCUT2D eigenvalue weighted by Gasteiger charge is -2.37. The summed E-state index contributed by atoms with van der Waals surface area (Å²) in [7, 11) is 6.63. The van der Waals surface area contributed by atoms with Gasteiger partial charge in [0.15, 0.2) is 11.5 Å². The third-order valence-electron chi connectivity index (χ3n) is 5.65. The zero-order chi connectivity index (χ0) is 23.3. The smallest absolute Gasteiger partial charge is 0.228 e. The van der Waals surface area contributed by atoms with Crippen LogP contribution in [0.2, 0.25) is 0 Å². The Bertz CT molecular complexity index is 949. The minimum atomic E-state index is -0.372. The zero-order valence-electron chi connectivity index (χ0n) is 18.9. The lowest BCUT2D eigenvalue weighted by molar-refractivity contribution is -0.137. The molecule has 0 radical (unpaired) electrons. The van der Waals surface area contributed by atoms with E-state index in [9.17, 15) is 14.0 Å². The normalized spacial score (nSPS) is 18.7. The van der Waals surface area contributed by atoms with Crippen LogP contribution in [0.25, 0.3) is 0 Å². The number of amides is 2. The van der Waals surface area contributed by atoms with Gasteiger partial charge >= 0.3 is 0 Å². The van der Waals surface area contributed by atoms with Gasteiger partial charge in [0.2, 0.25) is 11.8 Å². The van der Waals surface area contributed by atoms with Crippen molar-refractivity contribution in [1.82, 2.24) is 9.80 Å². The predicted octanol–water partition coefficient (Wildman–Crippen LogP) is 3.01. The molecule has 0 bridgehead atoms. The molecular weight excluding hydrogens is 413 g/mol. The van der Waals surface area contributed by atoms with Crippen molar-refractivity contribution in [3.8, 4) is 11.5 Å². The van der Waals surface area contributed by atoms with Crippen molar-refractivity contribution in [3.63, 3.8) is 0 Å². The van der Waals surface area contributed by atoms with Gasteiger partial charge in [0, 0.05) is 39.4 Å². The largest absolute Gasteiger partial charge is 0.493 e. The molecule has 32 heavy (non-hydrogen) atoms. The summed E-state index contributed by atoms with van der Waals surface area (Å²) < 4.78 is 23.9. The second-order valence-corrected chi connectivity index (χ2v) is 8.24. The van der Waals surface area contributed by atoms with Crippen LogP contribution < -0.4 is 14.8 Å². The van der Waals surface area contributed by atoms with E-state index in [2.05, 4.69) is 10.2 Å². The molecule has 0 spiro atoms. The molecule has 2 aromatic carbocycles. The van der Waals surface area contributed by atoms with E-state index in [0.717, 1.165) is 5.56 Å². The fraction of sp³-hybridized carbons (Fsp3) is 0.417. The average Bonchev–Trinajstić information content (AvgIpc) is 2.79. The molecule has 1 fully saturated rings. The van der Waals surface area contributed by atoms with Crippen LogP contribution in [0.1, 0.15) is 12.0 Å². The second-order valence-electron chi connectivity index (χ2n) is 8.24. The zero-order valence-corrected chi connectivity index (χ0v) is 18.9. The molecule has 8 heteroatoms. The molecule has 2 amide bonds. The van der Waals surface area contributed by atoms with Gasteiger partial charge in [0.1, 0.15) is 5.82 Å². The number of methoxy groups -OCH3 is 2. The summed E-state index contributed by atoms with van der Waals surface area (Å²) in [5, 5.41) is 2.85. The van der Waals surface area contributed by atoms with Crippen LogP contribution in [-0.2, 0) is 16.1 Å². The predicted molar refractivity (Wildman–Crippen MR) is 120 cm³/mol. The first-order valence-corrected chi connectivity index (χ1v) is 10.5. The molecule has 0 saturated carbocycles. The number of carbonyl (C=O) groups is 2. The first-order valence-electron chi connectivity index (χ1n) is 10.5. The first kappa shape index (κ1) is 23.5. The van der Waals surface area contributed by atoms with E-state index >= 15 is 0 Å². The number of rotatable bonds is 7. The standard InChI is InChI=1S/C24H30FN3O4/c1-27(2)24(30)18-12-17(23(29)26-20-8-6-19(25)7-9-20)14-28(15-18)13-16-5-10-21(31-3)22(11-16)32-4/h5-11,17-18H,12-15H2,1-4H3,(H,26,29)/t17-,18+/m1/s1. The third kappa shape index (κ3) is 5.76. The molecule has 1 saturated heterocycles. The van der Waals surface area contributed by atoms with E-state index in [-0.39, 0.29) is 29.5 Å². The van der Waals surface area contributed by atoms with Crippen molar-refractivity contribution in [2.24, 2.45) is 11.8 Å². The average molecular weight is 444 g/mol. The Hall–Kier alpha value is -3.13. The summed E-state index contributed by atoms with van der Waals surface area (Å²) in [6, 6.07) is 11.4. The van der Waals surface area contributed by atoms with E-state index in [1.807, 2.05) is 18.2 Å². The van der Waals surface area contributed by atoms with E-state index in [0.29, 0.717) is 43.2 Å². The molecule has 1 aliphatic heterocycles. The number of anilines is 1. The van der Waals surface area contributed by atoms with Crippen molar-refractivity contribution >= 4 is 17.5 Å². The Labute approximate surface area is 188 Å². The van der Waals surface area contributed by atoms with Crippen LogP contribution in [0.15, 0.2) is 42.5 Å². The Morgan fingerprint density at radius 1 is 1.03 bits per heavy atom. The summed E-state index contributed by atoms with van der Waals surface area (Å²) in [6.07, 6.45) is 0.465. The number of nitrogens with one attached hydrogen (secondary N) is 1. The van der Waals surface area contributed by atoms with Crippen molar-refractivity contribution < 1.29 is 23.5 Å². The maximum atomic E-state index is 13.2. The van der Waals surface area contributed by atoms with E-state index in [1.165, 1.54) is 24.3 Å². The highest BCUT2D eigenvalue weighted by Crippen LogP contribution is 2.30. The SMILES string of the molecule is COc1ccc(CN2C[C@H](C(=O)Nc3ccc(F)cc3)C[C@H](C(=O)N(C)C)C2)cc1OC. The third-order valence-corrected chi connectivity index (χ3v) is 5.65. The van der Waals surface area contributed by atoms with Crippen LogP contribution in [-0.4, -0.2) is 63.0 Å². The van der Waals surface area contributed by atoms with Crippen LogP contribution >= 0.6 is 0 Å². The van der Waals surface area contributed by atoms with Gasteiger partial charge in [-0.25, -0.2) is 4.39 Å². The fourth-order valence-corrected chi connectivity index (χ4v) is 4.07. The molecule has 172 valence electrons. The molecule has 1 heterocycles. The quantitative estimate of drug-likeness (QED) is 0.712. The minimum absolute atomic E-state index is 0.00148. The maximum Gasteiger partial charge on any atom is 0.228 e. The minimum Gasteiger partial charge on any atom is -0.493 e. The highest BCUT2D eigenvalue weighted by atomic mass is 19.1. The van der Waals surface area contributed by atoms with Gasteiger partial charge in [0.25, 0.3) is 0 Å². The molecule has 1 aliphatic rings. The number of ether oxygens (including phenoxy) is 2. The molecule has 0 unspecified atom stereocenters. The number of benzene rings is 2. The molecule has 7 nitrogen and oxygen atoms in total. The van der Waals surface area contributed by atoms with Crippen molar-refractivity contribution in [1.29, 1.82) is 0 Å². The summed E-state index contributed by atoms with van der Waals surface area (Å²) >= 11 is 0. The highest BCUT2D eigenvalue weighted by Gasteiger charge is 2.35. The van der Waals surface area contributed by atoms with E-state index in [1.54, 1.807) is 33.2 Å². The summed E-state index contributed by atoms with van der Waals surface area (Å²) in [5.41, 5.74) is 1.53. The van der Waals surface area contributed by atoms with Gasteiger partial charge < -0.3 is 19.7 Å². The fourth-order valence-electron chi connectivity index (χ4n) is 4.07. The van der Waals surface area contributed by atoms with Crippen LogP contribution in [0.3, 0.4) is 0 Å². The Balaban J connectivity index is 1.77. The monoisotopic (exact) mass is 443 g/mol. The lowest BCUT2D eigenvalue weighted by Crippen LogP contribution is -2.48. The highest BCUT2D eigenvalue weighted by molar-refractivity contribution is 5.93. The molecule has 0 aromatic heterocycles. The topological polar surface area (TPSA) is 71.1 Å². The van der Waals surface area contributed by atoms with Gasteiger partial charge in [-0.05, 0) is 48.4 Å². The van der Waals surface area contributed by atoms with Crippen molar-refractivity contribution in [2.45, 2.75) is 13.0 Å². The first-order chi connectivity index (χ1) is 15.3. The molecular formula is C24H30FN3O4. The second kappa shape index (κ2) is 10.5. The van der Waals surface area contributed by atoms with Crippen molar-refractivity contribution in [2.75, 3.05) is 46.7 Å². The Morgan fingerprint density at radius 2 is 1.69 bits per heavy atom. The van der Waals surface area contributed by atoms with Gasteiger partial charge in [-0.15, -0.1) is 0 Å². The number of halogens is 1. The van der Waals surface area contributed by atoms with Crippen LogP contribution in [0.5, 0.6) is 11.5 Å². The molecule has 0 aliphatic carbocycles. The molecule has 1 N–H and O–H groups in total. The number of piperidine rings is 1. The maximum absolute atomic E-state index is 13.2. The summed E-state index contributed by atoms with van der Waals surface area (Å²) in [6.45, 7) is 1.64. The summed E-state index contributed by atoms with van der Waals surface area (Å²) in [4.78, 5) is 29.4. The van der Waals surface area contributed by atoms with Gasteiger partial charge in [-0.2, -0.15) is 0 Å². The Kier molecular flexibility index (Phi) is 7.69. The number of hydrogen-bond acceptors (Lipinski definition) is 5. The van der Waals surface area contributed by atoms with Gasteiger partial charge in [-0.3, -0.25) is 14.5 Å². The molecule has 3 rings (SSSR count). The molecule has 2 atom stereocenters. The van der Waals surface area contributed by atoms with Crippen LogP contribution in [0, 0.1) is 17.7 Å². The van der Waals surface area contributed by atoms with Crippen molar-refractivity contribution in [3.05, 3.63) is 53.8 Å².